The third-order valence-corrected chi connectivity index (χ3v) is 4.58. The first-order valence-corrected chi connectivity index (χ1v) is 8.27. The molecule has 0 aliphatic heterocycles. The second-order valence-electron chi connectivity index (χ2n) is 6.05. The maximum Gasteiger partial charge on any atom is 0.0579 e. The average molecular weight is 279 g/mol. The second kappa shape index (κ2) is 6.91. The highest BCUT2D eigenvalue weighted by Crippen LogP contribution is 2.40. The Morgan fingerprint density at radius 3 is 2.38 bits per heavy atom. The van der Waals surface area contributed by atoms with E-state index >= 15 is 0 Å². The topological polar surface area (TPSA) is 12.0 Å². The summed E-state index contributed by atoms with van der Waals surface area (Å²) in [6.07, 6.45) is 5.25. The predicted molar refractivity (Wildman–Crippen MR) is 89.6 cm³/mol. The Labute approximate surface area is 128 Å². The zero-order valence-electron chi connectivity index (χ0n) is 12.9. The maximum atomic E-state index is 3.75. The molecule has 1 unspecified atom stereocenters. The Morgan fingerprint density at radius 1 is 1.00 bits per heavy atom. The van der Waals surface area contributed by atoms with Gasteiger partial charge in [0.15, 0.2) is 0 Å². The molecule has 0 saturated heterocycles. The second-order valence-corrected chi connectivity index (χ2v) is 6.05. The van der Waals surface area contributed by atoms with Crippen molar-refractivity contribution in [3.8, 4) is 0 Å². The van der Waals surface area contributed by atoms with Gasteiger partial charge in [-0.05, 0) is 48.4 Å². The van der Waals surface area contributed by atoms with Gasteiger partial charge in [-0.15, -0.1) is 0 Å². The first-order valence-electron chi connectivity index (χ1n) is 8.27. The van der Waals surface area contributed by atoms with Crippen LogP contribution in [0.5, 0.6) is 0 Å². The molecule has 2 aromatic rings. The van der Waals surface area contributed by atoms with Crippen molar-refractivity contribution in [2.45, 2.75) is 44.6 Å². The Morgan fingerprint density at radius 2 is 1.71 bits per heavy atom. The largest absolute Gasteiger partial charge is 0.306 e. The van der Waals surface area contributed by atoms with Gasteiger partial charge in [0.1, 0.15) is 0 Å². The molecule has 2 aromatic carbocycles. The summed E-state index contributed by atoms with van der Waals surface area (Å²) in [5.74, 6) is 0.774. The van der Waals surface area contributed by atoms with Crippen molar-refractivity contribution < 1.29 is 0 Å². The fourth-order valence-corrected chi connectivity index (χ4v) is 3.21. The number of nitrogens with one attached hydrogen (secondary N) is 1. The Balaban J connectivity index is 1.96. The zero-order chi connectivity index (χ0) is 14.5. The smallest absolute Gasteiger partial charge is 0.0579 e. The molecular formula is C20H25N. The Kier molecular flexibility index (Phi) is 4.72. The van der Waals surface area contributed by atoms with Crippen LogP contribution in [-0.4, -0.2) is 6.54 Å². The van der Waals surface area contributed by atoms with Crippen molar-refractivity contribution in [2.24, 2.45) is 0 Å². The van der Waals surface area contributed by atoms with Crippen molar-refractivity contribution in [1.29, 1.82) is 0 Å². The molecule has 0 heterocycles. The van der Waals surface area contributed by atoms with Crippen LogP contribution >= 0.6 is 0 Å². The first kappa shape index (κ1) is 14.3. The van der Waals surface area contributed by atoms with E-state index in [9.17, 15) is 0 Å². The van der Waals surface area contributed by atoms with Crippen molar-refractivity contribution >= 4 is 0 Å². The lowest BCUT2D eigenvalue weighted by Gasteiger charge is -2.31. The van der Waals surface area contributed by atoms with Crippen molar-refractivity contribution in [1.82, 2.24) is 5.32 Å². The molecule has 0 bridgehead atoms. The Hall–Kier alpha value is -1.60. The molecular weight excluding hydrogens is 254 g/mol. The van der Waals surface area contributed by atoms with Gasteiger partial charge < -0.3 is 5.32 Å². The summed E-state index contributed by atoms with van der Waals surface area (Å²) >= 11 is 0. The van der Waals surface area contributed by atoms with Gasteiger partial charge in [0.25, 0.3) is 0 Å². The molecule has 0 radical (unpaired) electrons. The van der Waals surface area contributed by atoms with Gasteiger partial charge in [0.05, 0.1) is 6.04 Å². The van der Waals surface area contributed by atoms with Gasteiger partial charge in [0, 0.05) is 0 Å². The molecule has 3 rings (SSSR count). The molecule has 1 atom stereocenters. The third-order valence-electron chi connectivity index (χ3n) is 4.58. The minimum atomic E-state index is 0.322. The van der Waals surface area contributed by atoms with E-state index in [1.807, 2.05) is 0 Å². The lowest BCUT2D eigenvalue weighted by Crippen LogP contribution is -2.25. The summed E-state index contributed by atoms with van der Waals surface area (Å²) in [6, 6.07) is 20.2. The summed E-state index contributed by atoms with van der Waals surface area (Å²) < 4.78 is 0. The number of benzene rings is 2. The number of rotatable bonds is 6. The molecule has 1 aliphatic rings. The molecule has 1 N–H and O–H groups in total. The minimum absolute atomic E-state index is 0.322. The standard InChI is InChI=1S/C20H25N/c1-2-15-21-20(17-9-4-3-5-10-17)19-14-7-6-13-18(19)16-11-8-12-16/h3-7,9-10,13-14,16,20-21H,2,8,11-12,15H2,1H3. The fraction of sp³-hybridized carbons (Fsp3) is 0.400. The molecule has 0 aromatic heterocycles. The van der Waals surface area contributed by atoms with Gasteiger partial charge >= 0.3 is 0 Å². The van der Waals surface area contributed by atoms with Crippen LogP contribution in [0.4, 0.5) is 0 Å². The van der Waals surface area contributed by atoms with Gasteiger partial charge in [0.2, 0.25) is 0 Å². The van der Waals surface area contributed by atoms with E-state index in [-0.39, 0.29) is 0 Å². The minimum Gasteiger partial charge on any atom is -0.306 e. The molecule has 1 saturated carbocycles. The molecule has 1 nitrogen and oxygen atoms in total. The molecule has 0 amide bonds. The predicted octanol–water partition coefficient (Wildman–Crippen LogP) is 5.04. The van der Waals surface area contributed by atoms with Crippen LogP contribution in [0.25, 0.3) is 0 Å². The summed E-state index contributed by atoms with van der Waals surface area (Å²) in [5, 5.41) is 3.75. The van der Waals surface area contributed by atoms with E-state index in [0.717, 1.165) is 18.9 Å². The van der Waals surface area contributed by atoms with E-state index in [1.54, 1.807) is 5.56 Å². The summed E-state index contributed by atoms with van der Waals surface area (Å²) in [7, 11) is 0. The van der Waals surface area contributed by atoms with Crippen LogP contribution in [0.3, 0.4) is 0 Å². The van der Waals surface area contributed by atoms with Gasteiger partial charge in [-0.1, -0.05) is 67.9 Å². The van der Waals surface area contributed by atoms with Gasteiger partial charge in [-0.3, -0.25) is 0 Å². The number of hydrogen-bond donors (Lipinski definition) is 1. The monoisotopic (exact) mass is 279 g/mol. The molecule has 1 heteroatoms. The van der Waals surface area contributed by atoms with Crippen molar-refractivity contribution in [3.63, 3.8) is 0 Å². The molecule has 21 heavy (non-hydrogen) atoms. The van der Waals surface area contributed by atoms with Crippen molar-refractivity contribution in [2.75, 3.05) is 6.54 Å². The zero-order valence-corrected chi connectivity index (χ0v) is 12.9. The van der Waals surface area contributed by atoms with Gasteiger partial charge in [-0.25, -0.2) is 0 Å². The van der Waals surface area contributed by atoms with Crippen LogP contribution in [-0.2, 0) is 0 Å². The SMILES string of the molecule is CCCNC(c1ccccc1)c1ccccc1C1CCC1. The average Bonchev–Trinajstić information content (AvgIpc) is 2.48. The van der Waals surface area contributed by atoms with Crippen LogP contribution in [0, 0.1) is 0 Å². The van der Waals surface area contributed by atoms with Gasteiger partial charge in [-0.2, -0.15) is 0 Å². The highest BCUT2D eigenvalue weighted by atomic mass is 14.9. The molecule has 110 valence electrons. The molecule has 0 spiro atoms. The lowest BCUT2D eigenvalue weighted by molar-refractivity contribution is 0.414. The third kappa shape index (κ3) is 3.19. The van der Waals surface area contributed by atoms with Crippen LogP contribution in [0.2, 0.25) is 0 Å². The van der Waals surface area contributed by atoms with Crippen LogP contribution < -0.4 is 5.32 Å². The first-order chi connectivity index (χ1) is 10.4. The molecule has 1 fully saturated rings. The highest BCUT2D eigenvalue weighted by Gasteiger charge is 2.25. The molecule has 1 aliphatic carbocycles. The summed E-state index contributed by atoms with van der Waals surface area (Å²) in [5.41, 5.74) is 4.40. The number of hydrogen-bond acceptors (Lipinski definition) is 1. The highest BCUT2D eigenvalue weighted by molar-refractivity contribution is 5.40. The lowest BCUT2D eigenvalue weighted by atomic mass is 9.76. The van der Waals surface area contributed by atoms with Crippen LogP contribution in [0.15, 0.2) is 54.6 Å². The summed E-state index contributed by atoms with van der Waals surface area (Å²) in [6.45, 7) is 3.28. The van der Waals surface area contributed by atoms with E-state index < -0.39 is 0 Å². The van der Waals surface area contributed by atoms with E-state index in [1.165, 1.54) is 30.4 Å². The van der Waals surface area contributed by atoms with Crippen LogP contribution in [0.1, 0.15) is 61.3 Å². The van der Waals surface area contributed by atoms with Crippen molar-refractivity contribution in [3.05, 3.63) is 71.3 Å². The normalized spacial score (nSPS) is 16.4. The van der Waals surface area contributed by atoms with E-state index in [0.29, 0.717) is 6.04 Å². The van der Waals surface area contributed by atoms with E-state index in [2.05, 4.69) is 66.8 Å². The Bertz CT molecular complexity index is 557. The summed E-state index contributed by atoms with van der Waals surface area (Å²) in [4.78, 5) is 0. The fourth-order valence-electron chi connectivity index (χ4n) is 3.21. The van der Waals surface area contributed by atoms with E-state index in [4.69, 9.17) is 0 Å². The quantitative estimate of drug-likeness (QED) is 0.781. The maximum absolute atomic E-state index is 3.75.